The Balaban J connectivity index is 0.000000613. The van der Waals surface area contributed by atoms with E-state index in [1.807, 2.05) is 37.3 Å². The minimum atomic E-state index is -0.427. The zero-order chi connectivity index (χ0) is 18.7. The average molecular weight is 356 g/mol. The van der Waals surface area contributed by atoms with Crippen LogP contribution >= 0.6 is 0 Å². The topological polar surface area (TPSA) is 51.5 Å². The summed E-state index contributed by atoms with van der Waals surface area (Å²) in [5.74, 6) is -0.0885. The summed E-state index contributed by atoms with van der Waals surface area (Å²) in [5, 5.41) is 1.03. The molecule has 26 heavy (non-hydrogen) atoms. The molecule has 4 rings (SSSR count). The van der Waals surface area contributed by atoms with E-state index in [-0.39, 0.29) is 24.0 Å². The Hall–Kier alpha value is -2.14. The molecule has 1 aromatic heterocycles. The predicted octanol–water partition coefficient (Wildman–Crippen LogP) is 4.07. The van der Waals surface area contributed by atoms with E-state index in [2.05, 4.69) is 13.8 Å². The Labute approximate surface area is 154 Å². The van der Waals surface area contributed by atoms with E-state index in [9.17, 15) is 9.59 Å². The first-order valence-electron chi connectivity index (χ1n) is 9.62. The van der Waals surface area contributed by atoms with Crippen molar-refractivity contribution in [2.45, 2.75) is 58.7 Å². The molecule has 3 heterocycles. The van der Waals surface area contributed by atoms with Gasteiger partial charge in [-0.3, -0.25) is 14.2 Å². The van der Waals surface area contributed by atoms with Gasteiger partial charge in [0.15, 0.2) is 0 Å². The molecule has 1 amide bonds. The van der Waals surface area contributed by atoms with Crippen LogP contribution in [0.25, 0.3) is 10.9 Å². The molecule has 2 aliphatic rings. The Morgan fingerprint density at radius 3 is 2.65 bits per heavy atom. The molecule has 3 atom stereocenters. The molecular formula is C21H28N2O3. The van der Waals surface area contributed by atoms with Crippen molar-refractivity contribution in [2.24, 2.45) is 5.92 Å². The number of carbonyl (C=O) groups is 2. The van der Waals surface area contributed by atoms with Crippen LogP contribution in [0, 0.1) is 5.92 Å². The van der Waals surface area contributed by atoms with E-state index < -0.39 is 6.04 Å². The average Bonchev–Trinajstić information content (AvgIpc) is 3.22. The Kier molecular flexibility index (Phi) is 5.77. The number of hydrogen-bond acceptors (Lipinski definition) is 3. The Morgan fingerprint density at radius 2 is 1.88 bits per heavy atom. The second-order valence-electron chi connectivity index (χ2n) is 7.14. The Bertz CT molecular complexity index is 782. The smallest absolute Gasteiger partial charge is 0.253 e. The summed E-state index contributed by atoms with van der Waals surface area (Å²) >= 11 is 0. The number of rotatable bonds is 1. The van der Waals surface area contributed by atoms with Crippen molar-refractivity contribution in [3.63, 3.8) is 0 Å². The third kappa shape index (κ3) is 3.40. The van der Waals surface area contributed by atoms with Crippen LogP contribution in [0.2, 0.25) is 0 Å². The maximum atomic E-state index is 13.1. The molecule has 0 saturated carbocycles. The fourth-order valence-corrected chi connectivity index (χ4v) is 3.68. The van der Waals surface area contributed by atoms with Gasteiger partial charge < -0.3 is 9.64 Å². The van der Waals surface area contributed by atoms with Crippen molar-refractivity contribution in [1.82, 2.24) is 9.47 Å². The molecule has 0 aliphatic carbocycles. The summed E-state index contributed by atoms with van der Waals surface area (Å²) in [4.78, 5) is 27.4. The lowest BCUT2D eigenvalue weighted by molar-refractivity contribution is -0.142. The quantitative estimate of drug-likeness (QED) is 0.774. The van der Waals surface area contributed by atoms with Crippen LogP contribution in [-0.2, 0) is 9.53 Å². The fourth-order valence-electron chi connectivity index (χ4n) is 3.68. The minimum absolute atomic E-state index is 0.0415. The molecular weight excluding hydrogens is 328 g/mol. The van der Waals surface area contributed by atoms with Gasteiger partial charge in [0.25, 0.3) is 5.91 Å². The molecule has 0 N–H and O–H groups in total. The fraction of sp³-hybridized carbons (Fsp3) is 0.524. The first-order chi connectivity index (χ1) is 12.6. The summed E-state index contributed by atoms with van der Waals surface area (Å²) < 4.78 is 7.47. The minimum Gasteiger partial charge on any atom is -0.358 e. The highest BCUT2D eigenvalue weighted by molar-refractivity contribution is 5.97. The highest BCUT2D eigenvalue weighted by Crippen LogP contribution is 2.32. The molecule has 2 aromatic rings. The third-order valence-electron chi connectivity index (χ3n) is 4.99. The van der Waals surface area contributed by atoms with Gasteiger partial charge >= 0.3 is 0 Å². The molecule has 0 radical (unpaired) electrons. The second kappa shape index (κ2) is 8.04. The summed E-state index contributed by atoms with van der Waals surface area (Å²) in [6.45, 7) is 6.75. The highest BCUT2D eigenvalue weighted by Gasteiger charge is 2.44. The molecule has 2 aliphatic heterocycles. The van der Waals surface area contributed by atoms with Crippen LogP contribution in [0.5, 0.6) is 0 Å². The standard InChI is InChI=1S/C18H20N2O3.C3H8/c1-12-9-11-23-16-7-6-15(20(16)17(12)21)18(22)19-10-8-13-4-2-3-5-14(13)19;1-3-2/h2-5,8,10,12,15-16H,6-7,9,11H2,1H3;3H2,1-2H3/t12-,15-,16-;/m0./s1. The number of aromatic nitrogens is 1. The van der Waals surface area contributed by atoms with Crippen LogP contribution in [0.3, 0.4) is 0 Å². The van der Waals surface area contributed by atoms with Gasteiger partial charge in [-0.05, 0) is 31.4 Å². The molecule has 2 fully saturated rings. The van der Waals surface area contributed by atoms with Gasteiger partial charge in [0.2, 0.25) is 5.91 Å². The third-order valence-corrected chi connectivity index (χ3v) is 4.99. The number of hydrogen-bond donors (Lipinski definition) is 0. The van der Waals surface area contributed by atoms with Gasteiger partial charge in [0.1, 0.15) is 12.3 Å². The maximum absolute atomic E-state index is 13.1. The van der Waals surface area contributed by atoms with E-state index in [4.69, 9.17) is 4.74 Å². The number of nitrogens with zero attached hydrogens (tertiary/aromatic N) is 2. The number of carbonyl (C=O) groups excluding carboxylic acids is 2. The van der Waals surface area contributed by atoms with E-state index in [1.165, 1.54) is 6.42 Å². The van der Waals surface area contributed by atoms with Gasteiger partial charge in [0.05, 0.1) is 5.52 Å². The van der Waals surface area contributed by atoms with Crippen LogP contribution in [0.1, 0.15) is 51.2 Å². The molecule has 0 bridgehead atoms. The van der Waals surface area contributed by atoms with Crippen LogP contribution in [-0.4, -0.2) is 40.2 Å². The number of amides is 1. The first kappa shape index (κ1) is 18.6. The molecule has 0 spiro atoms. The molecule has 5 heteroatoms. The monoisotopic (exact) mass is 356 g/mol. The van der Waals surface area contributed by atoms with Crippen LogP contribution < -0.4 is 0 Å². The summed E-state index contributed by atoms with van der Waals surface area (Å²) in [6.07, 6.45) is 4.91. The van der Waals surface area contributed by atoms with Gasteiger partial charge in [-0.25, -0.2) is 0 Å². The summed E-state index contributed by atoms with van der Waals surface area (Å²) in [6, 6.07) is 9.30. The molecule has 5 nitrogen and oxygen atoms in total. The number of ether oxygens (including phenoxy) is 1. The largest absolute Gasteiger partial charge is 0.358 e. The number of benzene rings is 1. The lowest BCUT2D eigenvalue weighted by Gasteiger charge is -2.28. The number of para-hydroxylation sites is 1. The number of fused-ring (bicyclic) bond motifs is 2. The van der Waals surface area contributed by atoms with Crippen molar-refractivity contribution in [3.05, 3.63) is 36.5 Å². The van der Waals surface area contributed by atoms with E-state index in [0.717, 1.165) is 23.7 Å². The zero-order valence-electron chi connectivity index (χ0n) is 15.9. The molecule has 0 unspecified atom stereocenters. The summed E-state index contributed by atoms with van der Waals surface area (Å²) in [7, 11) is 0. The zero-order valence-corrected chi connectivity index (χ0v) is 15.9. The van der Waals surface area contributed by atoms with Gasteiger partial charge in [-0.2, -0.15) is 0 Å². The second-order valence-corrected chi connectivity index (χ2v) is 7.14. The highest BCUT2D eigenvalue weighted by atomic mass is 16.5. The van der Waals surface area contributed by atoms with Crippen LogP contribution in [0.15, 0.2) is 36.5 Å². The van der Waals surface area contributed by atoms with Crippen molar-refractivity contribution in [2.75, 3.05) is 6.61 Å². The van der Waals surface area contributed by atoms with Crippen molar-refractivity contribution >= 4 is 22.7 Å². The SMILES string of the molecule is CCC.C[C@H]1CCO[C@H]2CC[C@@H](C(=O)n3ccc4ccccc43)N2C1=O. The normalized spacial score (nSPS) is 25.4. The van der Waals surface area contributed by atoms with Gasteiger partial charge in [0, 0.05) is 24.1 Å². The molecule has 2 saturated heterocycles. The summed E-state index contributed by atoms with van der Waals surface area (Å²) in [5.41, 5.74) is 0.886. The predicted molar refractivity (Wildman–Crippen MR) is 102 cm³/mol. The Morgan fingerprint density at radius 1 is 1.15 bits per heavy atom. The molecule has 140 valence electrons. The van der Waals surface area contributed by atoms with Gasteiger partial charge in [-0.1, -0.05) is 45.4 Å². The van der Waals surface area contributed by atoms with Crippen molar-refractivity contribution in [1.29, 1.82) is 0 Å². The van der Waals surface area contributed by atoms with Crippen molar-refractivity contribution in [3.8, 4) is 0 Å². The van der Waals surface area contributed by atoms with E-state index >= 15 is 0 Å². The van der Waals surface area contributed by atoms with E-state index in [1.54, 1.807) is 15.7 Å². The van der Waals surface area contributed by atoms with E-state index in [0.29, 0.717) is 13.0 Å². The van der Waals surface area contributed by atoms with Crippen molar-refractivity contribution < 1.29 is 14.3 Å². The van der Waals surface area contributed by atoms with Gasteiger partial charge in [-0.15, -0.1) is 0 Å². The lowest BCUT2D eigenvalue weighted by atomic mass is 10.1. The first-order valence-corrected chi connectivity index (χ1v) is 9.62. The van der Waals surface area contributed by atoms with Crippen LogP contribution in [0.4, 0.5) is 0 Å². The maximum Gasteiger partial charge on any atom is 0.253 e. The molecule has 1 aromatic carbocycles. The lowest BCUT2D eigenvalue weighted by Crippen LogP contribution is -2.47.